The molecule has 4 heteroatoms. The van der Waals surface area contributed by atoms with E-state index < -0.39 is 0 Å². The fourth-order valence-electron chi connectivity index (χ4n) is 2.05. The molecule has 0 aliphatic carbocycles. The lowest BCUT2D eigenvalue weighted by Crippen LogP contribution is -2.22. The van der Waals surface area contributed by atoms with Gasteiger partial charge >= 0.3 is 0 Å². The Labute approximate surface area is 91.3 Å². The SMILES string of the molecule is Cn1cc(NCCCN2CCCC2)cn1. The molecule has 1 aliphatic heterocycles. The van der Waals surface area contributed by atoms with Gasteiger partial charge in [-0.05, 0) is 38.9 Å². The van der Waals surface area contributed by atoms with Crippen LogP contribution < -0.4 is 5.32 Å². The highest BCUT2D eigenvalue weighted by Crippen LogP contribution is 2.08. The number of aromatic nitrogens is 2. The summed E-state index contributed by atoms with van der Waals surface area (Å²) in [5.41, 5.74) is 1.12. The van der Waals surface area contributed by atoms with Gasteiger partial charge in [0.1, 0.15) is 0 Å². The molecule has 0 radical (unpaired) electrons. The van der Waals surface area contributed by atoms with Crippen molar-refractivity contribution in [3.8, 4) is 0 Å². The quantitative estimate of drug-likeness (QED) is 0.741. The third kappa shape index (κ3) is 3.23. The summed E-state index contributed by atoms with van der Waals surface area (Å²) in [5.74, 6) is 0. The maximum Gasteiger partial charge on any atom is 0.0726 e. The van der Waals surface area contributed by atoms with Crippen molar-refractivity contribution in [3.05, 3.63) is 12.4 Å². The van der Waals surface area contributed by atoms with E-state index in [0.717, 1.165) is 12.2 Å². The van der Waals surface area contributed by atoms with Crippen LogP contribution in [0.25, 0.3) is 0 Å². The van der Waals surface area contributed by atoms with Crippen LogP contribution in [0.2, 0.25) is 0 Å². The Morgan fingerprint density at radius 2 is 2.20 bits per heavy atom. The molecule has 4 nitrogen and oxygen atoms in total. The molecule has 1 aliphatic rings. The lowest BCUT2D eigenvalue weighted by molar-refractivity contribution is 0.337. The van der Waals surface area contributed by atoms with Crippen LogP contribution in [0.1, 0.15) is 19.3 Å². The van der Waals surface area contributed by atoms with Gasteiger partial charge in [0.2, 0.25) is 0 Å². The van der Waals surface area contributed by atoms with E-state index in [4.69, 9.17) is 0 Å². The number of rotatable bonds is 5. The highest BCUT2D eigenvalue weighted by atomic mass is 15.3. The Hall–Kier alpha value is -1.03. The largest absolute Gasteiger partial charge is 0.382 e. The molecule has 0 amide bonds. The second-order valence-corrected chi connectivity index (χ2v) is 4.23. The van der Waals surface area contributed by atoms with Crippen molar-refractivity contribution in [2.75, 3.05) is 31.5 Å². The summed E-state index contributed by atoms with van der Waals surface area (Å²) in [6.45, 7) is 4.87. The van der Waals surface area contributed by atoms with E-state index in [1.807, 2.05) is 24.1 Å². The maximum atomic E-state index is 4.12. The monoisotopic (exact) mass is 208 g/mol. The number of nitrogens with zero attached hydrogens (tertiary/aromatic N) is 3. The van der Waals surface area contributed by atoms with Crippen molar-refractivity contribution in [3.63, 3.8) is 0 Å². The highest BCUT2D eigenvalue weighted by molar-refractivity contribution is 5.37. The van der Waals surface area contributed by atoms with Crippen LogP contribution >= 0.6 is 0 Å². The van der Waals surface area contributed by atoms with Gasteiger partial charge in [0, 0.05) is 19.8 Å². The van der Waals surface area contributed by atoms with E-state index in [-0.39, 0.29) is 0 Å². The van der Waals surface area contributed by atoms with Crippen molar-refractivity contribution in [2.24, 2.45) is 7.05 Å². The topological polar surface area (TPSA) is 33.1 Å². The number of likely N-dealkylation sites (tertiary alicyclic amines) is 1. The predicted molar refractivity (Wildman–Crippen MR) is 62.0 cm³/mol. The molecule has 0 unspecified atom stereocenters. The summed E-state index contributed by atoms with van der Waals surface area (Å²) >= 11 is 0. The van der Waals surface area contributed by atoms with Crippen LogP contribution in [-0.2, 0) is 7.05 Å². The van der Waals surface area contributed by atoms with E-state index >= 15 is 0 Å². The smallest absolute Gasteiger partial charge is 0.0726 e. The molecule has 0 aromatic carbocycles. The van der Waals surface area contributed by atoms with Gasteiger partial charge < -0.3 is 10.2 Å². The van der Waals surface area contributed by atoms with E-state index in [2.05, 4.69) is 15.3 Å². The van der Waals surface area contributed by atoms with Gasteiger partial charge in [0.25, 0.3) is 0 Å². The number of hydrogen-bond acceptors (Lipinski definition) is 3. The molecule has 1 aromatic rings. The lowest BCUT2D eigenvalue weighted by Gasteiger charge is -2.14. The molecule has 2 heterocycles. The van der Waals surface area contributed by atoms with Crippen molar-refractivity contribution < 1.29 is 0 Å². The molecule has 0 atom stereocenters. The lowest BCUT2D eigenvalue weighted by atomic mass is 10.4. The molecule has 84 valence electrons. The zero-order valence-corrected chi connectivity index (χ0v) is 9.45. The highest BCUT2D eigenvalue weighted by Gasteiger charge is 2.09. The summed E-state index contributed by atoms with van der Waals surface area (Å²) in [6.07, 6.45) is 7.87. The Kier molecular flexibility index (Phi) is 3.61. The molecule has 0 saturated carbocycles. The average molecular weight is 208 g/mol. The molecule has 0 bridgehead atoms. The van der Waals surface area contributed by atoms with Crippen LogP contribution in [0.4, 0.5) is 5.69 Å². The van der Waals surface area contributed by atoms with Crippen molar-refractivity contribution in [1.82, 2.24) is 14.7 Å². The van der Waals surface area contributed by atoms with Crippen LogP contribution in [0.15, 0.2) is 12.4 Å². The van der Waals surface area contributed by atoms with Crippen LogP contribution in [0.5, 0.6) is 0 Å². The molecule has 15 heavy (non-hydrogen) atoms. The summed E-state index contributed by atoms with van der Waals surface area (Å²) in [6, 6.07) is 0. The minimum Gasteiger partial charge on any atom is -0.382 e. The van der Waals surface area contributed by atoms with Crippen molar-refractivity contribution >= 4 is 5.69 Å². The van der Waals surface area contributed by atoms with Gasteiger partial charge in [0.15, 0.2) is 0 Å². The van der Waals surface area contributed by atoms with Gasteiger partial charge in [-0.3, -0.25) is 4.68 Å². The zero-order chi connectivity index (χ0) is 10.5. The summed E-state index contributed by atoms with van der Waals surface area (Å²) in [7, 11) is 1.94. The van der Waals surface area contributed by atoms with E-state index in [1.54, 1.807) is 0 Å². The minimum absolute atomic E-state index is 1.04. The molecule has 1 aromatic heterocycles. The third-order valence-corrected chi connectivity index (χ3v) is 2.88. The number of aryl methyl sites for hydroxylation is 1. The predicted octanol–water partition coefficient (Wildman–Crippen LogP) is 1.32. The fraction of sp³-hybridized carbons (Fsp3) is 0.727. The first-order valence-electron chi connectivity index (χ1n) is 5.79. The molecule has 1 N–H and O–H groups in total. The second-order valence-electron chi connectivity index (χ2n) is 4.23. The Bertz CT molecular complexity index is 289. The third-order valence-electron chi connectivity index (χ3n) is 2.88. The van der Waals surface area contributed by atoms with E-state index in [0.29, 0.717) is 0 Å². The van der Waals surface area contributed by atoms with E-state index in [9.17, 15) is 0 Å². The van der Waals surface area contributed by atoms with Crippen molar-refractivity contribution in [2.45, 2.75) is 19.3 Å². The molecular weight excluding hydrogens is 188 g/mol. The number of nitrogens with one attached hydrogen (secondary N) is 1. The zero-order valence-electron chi connectivity index (χ0n) is 9.45. The summed E-state index contributed by atoms with van der Waals surface area (Å²) in [4.78, 5) is 2.55. The van der Waals surface area contributed by atoms with Crippen molar-refractivity contribution in [1.29, 1.82) is 0 Å². The van der Waals surface area contributed by atoms with Crippen LogP contribution in [-0.4, -0.2) is 40.9 Å². The van der Waals surface area contributed by atoms with Gasteiger partial charge in [0.05, 0.1) is 11.9 Å². The van der Waals surface area contributed by atoms with Gasteiger partial charge in [-0.25, -0.2) is 0 Å². The van der Waals surface area contributed by atoms with Crippen LogP contribution in [0, 0.1) is 0 Å². The maximum absolute atomic E-state index is 4.12. The first kappa shape index (κ1) is 10.5. The van der Waals surface area contributed by atoms with Gasteiger partial charge in [-0.2, -0.15) is 5.10 Å². The minimum atomic E-state index is 1.04. The summed E-state index contributed by atoms with van der Waals surface area (Å²) < 4.78 is 1.82. The summed E-state index contributed by atoms with van der Waals surface area (Å²) in [5, 5.41) is 7.50. The molecule has 0 spiro atoms. The first-order chi connectivity index (χ1) is 7.34. The Balaban J connectivity index is 1.58. The first-order valence-corrected chi connectivity index (χ1v) is 5.79. The number of hydrogen-bond donors (Lipinski definition) is 1. The Morgan fingerprint density at radius 3 is 2.87 bits per heavy atom. The molecule has 2 rings (SSSR count). The average Bonchev–Trinajstić information content (AvgIpc) is 2.84. The standard InChI is InChI=1S/C11H20N4/c1-14-10-11(9-13-14)12-5-4-8-15-6-2-3-7-15/h9-10,12H,2-8H2,1H3. The van der Waals surface area contributed by atoms with Gasteiger partial charge in [-0.15, -0.1) is 0 Å². The van der Waals surface area contributed by atoms with E-state index in [1.165, 1.54) is 38.9 Å². The Morgan fingerprint density at radius 1 is 1.40 bits per heavy atom. The van der Waals surface area contributed by atoms with Crippen LogP contribution in [0.3, 0.4) is 0 Å². The molecular formula is C11H20N4. The normalized spacial score (nSPS) is 17.1. The number of anilines is 1. The molecule has 1 fully saturated rings. The second kappa shape index (κ2) is 5.16. The van der Waals surface area contributed by atoms with Gasteiger partial charge in [-0.1, -0.05) is 0 Å². The molecule has 1 saturated heterocycles. The fourth-order valence-corrected chi connectivity index (χ4v) is 2.05.